The third-order valence-electron chi connectivity index (χ3n) is 7.24. The molecule has 164 valence electrons. The molecule has 1 N–H and O–H groups in total. The Bertz CT molecular complexity index is 1660. The van der Waals surface area contributed by atoms with E-state index in [9.17, 15) is 0 Å². The molecule has 0 amide bonds. The van der Waals surface area contributed by atoms with Crippen LogP contribution in [0, 0.1) is 0 Å². The second-order valence-corrected chi connectivity index (χ2v) is 9.29. The molecule has 0 saturated carbocycles. The van der Waals surface area contributed by atoms with E-state index in [0.29, 0.717) is 0 Å². The fourth-order valence-corrected chi connectivity index (χ4v) is 5.64. The quantitative estimate of drug-likeness (QED) is 0.298. The molecule has 0 saturated heterocycles. The van der Waals surface area contributed by atoms with E-state index in [1.165, 1.54) is 43.8 Å². The molecule has 1 aliphatic rings. The number of aromatic amines is 1. The van der Waals surface area contributed by atoms with Gasteiger partial charge in [0, 0.05) is 47.7 Å². The maximum Gasteiger partial charge on any atom is 0.0778 e. The van der Waals surface area contributed by atoms with Crippen molar-refractivity contribution in [3.8, 4) is 11.3 Å². The normalized spacial score (nSPS) is 14.1. The molecule has 0 unspecified atom stereocenters. The number of aromatic nitrogens is 2. The van der Waals surface area contributed by atoms with Crippen molar-refractivity contribution in [3.05, 3.63) is 114 Å². The van der Waals surface area contributed by atoms with Crippen molar-refractivity contribution in [1.82, 2.24) is 14.9 Å². The van der Waals surface area contributed by atoms with Crippen LogP contribution in [0.4, 0.5) is 0 Å². The van der Waals surface area contributed by atoms with Gasteiger partial charge in [-0.25, -0.2) is 4.98 Å². The summed E-state index contributed by atoms with van der Waals surface area (Å²) in [5.74, 6) is 0. The minimum Gasteiger partial charge on any atom is -0.360 e. The molecule has 0 atom stereocenters. The number of fused-ring (bicyclic) bond motifs is 6. The maximum absolute atomic E-state index is 5.33. The Morgan fingerprint density at radius 1 is 0.765 bits per heavy atom. The lowest BCUT2D eigenvalue weighted by Crippen LogP contribution is -2.31. The number of rotatable bonds is 3. The monoisotopic (exact) mass is 439 g/mol. The largest absolute Gasteiger partial charge is 0.360 e. The zero-order valence-electron chi connectivity index (χ0n) is 19.0. The van der Waals surface area contributed by atoms with Crippen molar-refractivity contribution in [1.29, 1.82) is 0 Å². The van der Waals surface area contributed by atoms with Gasteiger partial charge in [0.05, 0.1) is 11.2 Å². The lowest BCUT2D eigenvalue weighted by Gasteiger charge is -2.31. The second kappa shape index (κ2) is 7.82. The van der Waals surface area contributed by atoms with E-state index in [1.807, 2.05) is 0 Å². The molecule has 1 aliphatic heterocycles. The first-order chi connectivity index (χ1) is 16.8. The molecule has 6 aromatic rings. The van der Waals surface area contributed by atoms with Crippen molar-refractivity contribution < 1.29 is 0 Å². The molecule has 0 radical (unpaired) electrons. The van der Waals surface area contributed by atoms with Gasteiger partial charge in [0.15, 0.2) is 0 Å². The van der Waals surface area contributed by atoms with Crippen LogP contribution in [0.2, 0.25) is 0 Å². The first-order valence-electron chi connectivity index (χ1n) is 12.0. The van der Waals surface area contributed by atoms with Crippen LogP contribution in [0.25, 0.3) is 43.8 Å². The summed E-state index contributed by atoms with van der Waals surface area (Å²) in [6.07, 6.45) is 3.17. The Kier molecular flexibility index (Phi) is 4.49. The zero-order chi connectivity index (χ0) is 22.5. The summed E-state index contributed by atoms with van der Waals surface area (Å²) >= 11 is 0. The van der Waals surface area contributed by atoms with Crippen molar-refractivity contribution in [2.45, 2.75) is 19.5 Å². The SMILES string of the molecule is c1ccc(CN2CCc3c(c(-c4c[nH]c5ccccc45)nc4ccc5ccccc5c34)C2)cc1. The molecule has 0 fully saturated rings. The summed E-state index contributed by atoms with van der Waals surface area (Å²) in [4.78, 5) is 11.4. The first kappa shape index (κ1) is 19.5. The zero-order valence-corrected chi connectivity index (χ0v) is 19.0. The van der Waals surface area contributed by atoms with Crippen LogP contribution in [-0.2, 0) is 19.5 Å². The van der Waals surface area contributed by atoms with Gasteiger partial charge in [-0.15, -0.1) is 0 Å². The first-order valence-corrected chi connectivity index (χ1v) is 12.0. The molecule has 2 aromatic heterocycles. The van der Waals surface area contributed by atoms with Gasteiger partial charge < -0.3 is 4.98 Å². The number of hydrogen-bond donors (Lipinski definition) is 1. The van der Waals surface area contributed by atoms with E-state index in [1.54, 1.807) is 0 Å². The molecule has 0 spiro atoms. The Morgan fingerprint density at radius 2 is 1.56 bits per heavy atom. The molecule has 0 bridgehead atoms. The highest BCUT2D eigenvalue weighted by Crippen LogP contribution is 2.39. The highest BCUT2D eigenvalue weighted by molar-refractivity contribution is 6.09. The van der Waals surface area contributed by atoms with E-state index < -0.39 is 0 Å². The van der Waals surface area contributed by atoms with E-state index in [0.717, 1.165) is 42.8 Å². The smallest absolute Gasteiger partial charge is 0.0778 e. The molecule has 34 heavy (non-hydrogen) atoms. The molecule has 3 heterocycles. The molecule has 3 nitrogen and oxygen atoms in total. The number of H-pyrrole nitrogens is 1. The number of nitrogens with one attached hydrogen (secondary N) is 1. The minimum atomic E-state index is 0.908. The molecular weight excluding hydrogens is 414 g/mol. The third-order valence-corrected chi connectivity index (χ3v) is 7.24. The van der Waals surface area contributed by atoms with Gasteiger partial charge in [-0.05, 0) is 46.0 Å². The molecular formula is C31H25N3. The van der Waals surface area contributed by atoms with Crippen molar-refractivity contribution in [2.75, 3.05) is 6.54 Å². The minimum absolute atomic E-state index is 0.908. The molecule has 0 aliphatic carbocycles. The predicted octanol–water partition coefficient (Wildman–Crippen LogP) is 7.09. The van der Waals surface area contributed by atoms with E-state index in [-0.39, 0.29) is 0 Å². The van der Waals surface area contributed by atoms with Gasteiger partial charge in [0.2, 0.25) is 0 Å². The summed E-state index contributed by atoms with van der Waals surface area (Å²) in [6.45, 7) is 2.92. The second-order valence-electron chi connectivity index (χ2n) is 9.29. The van der Waals surface area contributed by atoms with Gasteiger partial charge in [-0.2, -0.15) is 0 Å². The predicted molar refractivity (Wildman–Crippen MR) is 141 cm³/mol. The van der Waals surface area contributed by atoms with Crippen LogP contribution in [-0.4, -0.2) is 21.4 Å². The van der Waals surface area contributed by atoms with Crippen molar-refractivity contribution in [2.24, 2.45) is 0 Å². The van der Waals surface area contributed by atoms with Gasteiger partial charge in [0.25, 0.3) is 0 Å². The molecule has 7 rings (SSSR count). The summed E-state index contributed by atoms with van der Waals surface area (Å²) < 4.78 is 0. The third kappa shape index (κ3) is 3.12. The van der Waals surface area contributed by atoms with E-state index in [4.69, 9.17) is 4.98 Å². The van der Waals surface area contributed by atoms with Crippen molar-refractivity contribution in [3.63, 3.8) is 0 Å². The Hall–Kier alpha value is -3.95. The Balaban J connectivity index is 1.46. The number of hydrogen-bond acceptors (Lipinski definition) is 2. The summed E-state index contributed by atoms with van der Waals surface area (Å²) in [5.41, 5.74) is 8.76. The molecule has 4 aromatic carbocycles. The van der Waals surface area contributed by atoms with Gasteiger partial charge in [-0.3, -0.25) is 4.90 Å². The van der Waals surface area contributed by atoms with Gasteiger partial charge in [-0.1, -0.05) is 78.9 Å². The van der Waals surface area contributed by atoms with Crippen LogP contribution < -0.4 is 0 Å². The Morgan fingerprint density at radius 3 is 2.47 bits per heavy atom. The summed E-state index contributed by atoms with van der Waals surface area (Å²) in [7, 11) is 0. The van der Waals surface area contributed by atoms with Crippen LogP contribution >= 0.6 is 0 Å². The van der Waals surface area contributed by atoms with Crippen LogP contribution in [0.15, 0.2) is 97.2 Å². The number of nitrogens with zero attached hydrogens (tertiary/aromatic N) is 2. The topological polar surface area (TPSA) is 31.9 Å². The standard InChI is InChI=1S/C31H25N3/c1-2-8-21(9-3-1)19-34-17-16-25-27(20-34)31(26-18-32-28-13-7-6-12-24(26)28)33-29-15-14-22-10-4-5-11-23(22)30(25)29/h1-15,18,32H,16-17,19-20H2. The van der Waals surface area contributed by atoms with E-state index in [2.05, 4.69) is 107 Å². The lowest BCUT2D eigenvalue weighted by atomic mass is 9.89. The highest BCUT2D eigenvalue weighted by Gasteiger charge is 2.25. The average Bonchev–Trinajstić information content (AvgIpc) is 3.32. The summed E-state index contributed by atoms with van der Waals surface area (Å²) in [6, 6.07) is 32.5. The lowest BCUT2D eigenvalue weighted by molar-refractivity contribution is 0.246. The van der Waals surface area contributed by atoms with E-state index >= 15 is 0 Å². The fraction of sp³-hybridized carbons (Fsp3) is 0.129. The number of para-hydroxylation sites is 1. The summed E-state index contributed by atoms with van der Waals surface area (Å²) in [5, 5.41) is 5.16. The van der Waals surface area contributed by atoms with Crippen molar-refractivity contribution >= 4 is 32.6 Å². The molecule has 3 heteroatoms. The highest BCUT2D eigenvalue weighted by atomic mass is 15.1. The fourth-order valence-electron chi connectivity index (χ4n) is 5.64. The van der Waals surface area contributed by atoms with Crippen LogP contribution in [0.5, 0.6) is 0 Å². The Labute approximate surface area is 198 Å². The maximum atomic E-state index is 5.33. The van der Waals surface area contributed by atoms with Gasteiger partial charge >= 0.3 is 0 Å². The van der Waals surface area contributed by atoms with Gasteiger partial charge in [0.1, 0.15) is 0 Å². The number of pyridine rings is 1. The average molecular weight is 440 g/mol. The van der Waals surface area contributed by atoms with Crippen LogP contribution in [0.1, 0.15) is 16.7 Å². The number of benzene rings is 4. The van der Waals surface area contributed by atoms with Crippen LogP contribution in [0.3, 0.4) is 0 Å².